The molecule has 4 rings (SSSR count). The Kier molecular flexibility index (Phi) is 35.9. The maximum absolute atomic E-state index is 11.6. The molecule has 4 N–H and O–H groups in total. The fraction of sp³-hybridized carbons (Fsp3) is 0.686. The summed E-state index contributed by atoms with van der Waals surface area (Å²) in [5.74, 6) is -0.261. The molecule has 0 bridgehead atoms. The van der Waals surface area contributed by atoms with E-state index < -0.39 is 0 Å². The normalized spacial score (nSPS) is 11.5. The number of halogens is 4. The van der Waals surface area contributed by atoms with Gasteiger partial charge in [-0.2, -0.15) is 0 Å². The molecular weight excluding hydrogens is 1020 g/mol. The number of unbranched alkanes of at least 4 members (excludes halogenated alkanes) is 20. The number of anilines is 2. The molecule has 0 saturated heterocycles. The van der Waals surface area contributed by atoms with Crippen LogP contribution in [0.5, 0.6) is 0 Å². The molecule has 1 aromatic heterocycles. The van der Waals surface area contributed by atoms with Gasteiger partial charge in [0.2, 0.25) is 0 Å². The fourth-order valence-corrected chi connectivity index (χ4v) is 8.19. The highest BCUT2D eigenvalue weighted by molar-refractivity contribution is 9.11. The average molecular weight is 1100 g/mol. The van der Waals surface area contributed by atoms with Crippen molar-refractivity contribution in [2.45, 2.75) is 227 Å². The first-order valence-corrected chi connectivity index (χ1v) is 27.4. The van der Waals surface area contributed by atoms with Crippen molar-refractivity contribution in [1.82, 2.24) is 9.97 Å². The highest BCUT2D eigenvalue weighted by Gasteiger charge is 2.14. The number of carbonyl (C=O) groups is 2. The van der Waals surface area contributed by atoms with E-state index in [0.717, 1.165) is 67.4 Å². The Morgan fingerprint density at radius 2 is 0.689 bits per heavy atom. The lowest BCUT2D eigenvalue weighted by Crippen LogP contribution is -2.13. The smallest absolute Gasteiger partial charge is 0.198 e. The van der Waals surface area contributed by atoms with E-state index in [2.05, 4.69) is 104 Å². The van der Waals surface area contributed by atoms with Gasteiger partial charge in [-0.25, -0.2) is 9.97 Å². The van der Waals surface area contributed by atoms with E-state index in [0.29, 0.717) is 24.2 Å². The topological polar surface area (TPSA) is 112 Å². The van der Waals surface area contributed by atoms with Crippen molar-refractivity contribution in [2.75, 3.05) is 11.5 Å². The van der Waals surface area contributed by atoms with Crippen LogP contribution in [0.1, 0.15) is 225 Å². The minimum absolute atomic E-state index is 0.131. The molecule has 1 heterocycles. The number of hydrogen-bond acceptors (Lipinski definition) is 6. The van der Waals surface area contributed by atoms with Crippen LogP contribution in [0.4, 0.5) is 11.4 Å². The van der Waals surface area contributed by atoms with Gasteiger partial charge in [-0.15, -0.1) is 0 Å². The Morgan fingerprint density at radius 3 is 0.984 bits per heavy atom. The average Bonchev–Trinajstić information content (AvgIpc) is 4.16. The molecule has 0 atom stereocenters. The Hall–Kier alpha value is -1.36. The maximum atomic E-state index is 11.6. The molecule has 3 aromatic rings. The molecule has 1 aliphatic carbocycles. The lowest BCUT2D eigenvalue weighted by atomic mass is 10.0. The van der Waals surface area contributed by atoms with Crippen LogP contribution < -0.4 is 11.5 Å². The number of nitrogens with zero attached hydrogens (tertiary/aromatic N) is 2. The largest absolute Gasteiger partial charge is 0.396 e. The number of nitrogen functional groups attached to an aromatic ring is 2. The first kappa shape index (κ1) is 57.7. The van der Waals surface area contributed by atoms with Gasteiger partial charge < -0.3 is 11.5 Å². The van der Waals surface area contributed by atoms with E-state index in [1.54, 1.807) is 0 Å². The van der Waals surface area contributed by atoms with Crippen LogP contribution >= 0.6 is 63.7 Å². The van der Waals surface area contributed by atoms with Crippen molar-refractivity contribution in [3.05, 3.63) is 53.5 Å². The molecule has 0 aliphatic heterocycles. The first-order valence-electron chi connectivity index (χ1n) is 24.2. The predicted octanol–water partition coefficient (Wildman–Crippen LogP) is 18.1. The number of Topliss-reactive ketones (excluding diaryl/α,β-unsaturated/α-hetero) is 2. The zero-order chi connectivity index (χ0) is 45.1. The second-order valence-corrected chi connectivity index (χ2v) is 20.1. The Labute approximate surface area is 406 Å². The Bertz CT molecular complexity index is 1500. The lowest BCUT2D eigenvalue weighted by molar-refractivity contribution is -0.136. The third kappa shape index (κ3) is 28.2. The Balaban J connectivity index is 0.000000485. The van der Waals surface area contributed by atoms with Crippen molar-refractivity contribution in [2.24, 2.45) is 0 Å². The van der Waals surface area contributed by atoms with Crippen molar-refractivity contribution >= 4 is 97.7 Å². The van der Waals surface area contributed by atoms with Gasteiger partial charge in [0.25, 0.3) is 0 Å². The van der Waals surface area contributed by atoms with Crippen molar-refractivity contribution in [3.8, 4) is 0 Å². The highest BCUT2D eigenvalue weighted by atomic mass is 79.9. The first-order chi connectivity index (χ1) is 29.5. The van der Waals surface area contributed by atoms with Crippen molar-refractivity contribution in [3.63, 3.8) is 0 Å². The quantitative estimate of drug-likeness (QED) is 0.0407. The molecule has 0 radical (unpaired) electrons. The minimum Gasteiger partial charge on any atom is -0.396 e. The van der Waals surface area contributed by atoms with E-state index in [1.807, 2.05) is 12.1 Å². The molecule has 2 aromatic carbocycles. The molecule has 6 nitrogen and oxygen atoms in total. The van der Waals surface area contributed by atoms with Crippen LogP contribution in [-0.2, 0) is 22.4 Å². The molecule has 1 saturated carbocycles. The summed E-state index contributed by atoms with van der Waals surface area (Å²) in [6.45, 7) is 8.94. The highest BCUT2D eigenvalue weighted by Crippen LogP contribution is 2.32. The summed E-state index contributed by atoms with van der Waals surface area (Å²) in [5.41, 5.74) is 16.7. The number of ketones is 2. The number of rotatable bonds is 29. The molecule has 10 heteroatoms. The summed E-state index contributed by atoms with van der Waals surface area (Å²) >= 11 is 13.8. The molecule has 61 heavy (non-hydrogen) atoms. The number of fused-ring (bicyclic) bond motifs is 1. The summed E-state index contributed by atoms with van der Waals surface area (Å²) in [6.07, 6.45) is 37.3. The predicted molar refractivity (Wildman–Crippen MR) is 280 cm³/mol. The summed E-state index contributed by atoms with van der Waals surface area (Å²) in [4.78, 5) is 33.4. The monoisotopic (exact) mass is 1100 g/mol. The van der Waals surface area contributed by atoms with E-state index >= 15 is 0 Å². The van der Waals surface area contributed by atoms with E-state index in [4.69, 9.17) is 21.4 Å². The van der Waals surface area contributed by atoms with Gasteiger partial charge >= 0.3 is 0 Å². The van der Waals surface area contributed by atoms with Crippen LogP contribution in [-0.4, -0.2) is 21.5 Å². The third-order valence-corrected chi connectivity index (χ3v) is 13.4. The minimum atomic E-state index is -0.131. The number of aromatic nitrogens is 2. The molecule has 346 valence electrons. The zero-order valence-electron chi connectivity index (χ0n) is 38.6. The number of aryl methyl sites for hydroxylation is 2. The van der Waals surface area contributed by atoms with Gasteiger partial charge in [0.05, 0.1) is 22.8 Å². The zero-order valence-corrected chi connectivity index (χ0v) is 45.0. The second-order valence-electron chi connectivity index (χ2n) is 16.7. The van der Waals surface area contributed by atoms with Gasteiger partial charge in [0.1, 0.15) is 11.0 Å². The third-order valence-electron chi connectivity index (χ3n) is 10.8. The number of nitrogens with two attached hydrogens (primary N) is 2. The van der Waals surface area contributed by atoms with Crippen LogP contribution in [0.3, 0.4) is 0 Å². The van der Waals surface area contributed by atoms with Gasteiger partial charge in [-0.1, -0.05) is 175 Å². The Morgan fingerprint density at radius 1 is 0.426 bits per heavy atom. The van der Waals surface area contributed by atoms with E-state index in [9.17, 15) is 9.59 Å². The fourth-order valence-electron chi connectivity index (χ4n) is 6.68. The van der Waals surface area contributed by atoms with E-state index in [-0.39, 0.29) is 11.6 Å². The number of hydrogen-bond donors (Lipinski definition) is 2. The van der Waals surface area contributed by atoms with Crippen molar-refractivity contribution in [1.29, 1.82) is 0 Å². The van der Waals surface area contributed by atoms with Crippen LogP contribution in [0.15, 0.2) is 42.2 Å². The van der Waals surface area contributed by atoms with Crippen LogP contribution in [0.25, 0.3) is 11.0 Å². The summed E-state index contributed by atoms with van der Waals surface area (Å²) < 4.78 is 3.73. The van der Waals surface area contributed by atoms with Gasteiger partial charge in [-0.05, 0) is 127 Å². The van der Waals surface area contributed by atoms with Gasteiger partial charge in [0, 0.05) is 30.7 Å². The van der Waals surface area contributed by atoms with Crippen LogP contribution in [0, 0.1) is 0 Å². The van der Waals surface area contributed by atoms with Gasteiger partial charge in [-0.3, -0.25) is 9.59 Å². The number of benzene rings is 2. The van der Waals surface area contributed by atoms with Crippen LogP contribution in [0.2, 0.25) is 0 Å². The standard InChI is InChI=1S/C24H36Br2N2.C18H34O2.C6H6Br2N2.C3H6/c1-3-5-7-9-11-13-15-21-22(16-14-12-10-8-6-4-2)28-24-20(26)18-17-19(25)23(24)27-21;1-3-5-7-9-11-13-15-17(19)18(20)16-14-12-10-8-6-4-2;7-3-1-2-4(8)6(10)5(3)9;1-2-3-1/h17-18H,3-16H2,1-2H3;3-16H2,1-2H3;1-2H,9-10H2;1-3H2. The molecular formula is C51H82Br4N4O2. The van der Waals surface area contributed by atoms with Gasteiger partial charge in [0.15, 0.2) is 11.6 Å². The molecule has 1 fully saturated rings. The maximum Gasteiger partial charge on any atom is 0.198 e. The van der Waals surface area contributed by atoms with E-state index in [1.165, 1.54) is 159 Å². The van der Waals surface area contributed by atoms with Crippen molar-refractivity contribution < 1.29 is 9.59 Å². The molecule has 1 aliphatic rings. The molecule has 0 unspecified atom stereocenters. The number of carbonyl (C=O) groups excluding carboxylic acids is 2. The summed E-state index contributed by atoms with van der Waals surface area (Å²) in [7, 11) is 0. The second kappa shape index (κ2) is 38.0. The lowest BCUT2D eigenvalue weighted by Gasteiger charge is -2.12. The summed E-state index contributed by atoms with van der Waals surface area (Å²) in [6, 6.07) is 7.80. The summed E-state index contributed by atoms with van der Waals surface area (Å²) in [5, 5.41) is 0. The molecule has 0 amide bonds. The molecule has 0 spiro atoms. The SMILES string of the molecule is C1CC1.CCCCCCCCC(=O)C(=O)CCCCCCCC.CCCCCCCCc1nc2c(Br)ccc(Br)c2nc1CCCCCCCC.Nc1c(Br)ccc(Br)c1N.